The van der Waals surface area contributed by atoms with Crippen LogP contribution in [0.15, 0.2) is 78.9 Å². The van der Waals surface area contributed by atoms with Gasteiger partial charge in [-0.05, 0) is 54.2 Å². The third-order valence-corrected chi connectivity index (χ3v) is 4.36. The second-order valence-corrected chi connectivity index (χ2v) is 7.05. The number of anilines is 2. The molecule has 3 rings (SSSR count). The van der Waals surface area contributed by atoms with E-state index >= 15 is 0 Å². The molecule has 0 saturated carbocycles. The van der Waals surface area contributed by atoms with E-state index in [0.717, 1.165) is 5.56 Å². The van der Waals surface area contributed by atoms with E-state index < -0.39 is 0 Å². The Morgan fingerprint density at radius 1 is 0.828 bits per heavy atom. The maximum atomic E-state index is 12.3. The molecule has 3 N–H and O–H groups in total. The van der Waals surface area contributed by atoms with Crippen molar-refractivity contribution >= 4 is 52.1 Å². The predicted octanol–water partition coefficient (Wildman–Crippen LogP) is 4.65. The van der Waals surface area contributed by atoms with Crippen LogP contribution in [0.1, 0.15) is 15.9 Å². The maximum absolute atomic E-state index is 12.3. The SMILES string of the molecule is O=C(Cc1ccccc1)NC(=S)Nc1cccc(NC(=O)c2cccc(Cl)c2)c1. The largest absolute Gasteiger partial charge is 0.332 e. The van der Waals surface area contributed by atoms with E-state index in [0.29, 0.717) is 22.0 Å². The van der Waals surface area contributed by atoms with Gasteiger partial charge in [0.05, 0.1) is 6.42 Å². The molecule has 146 valence electrons. The fraction of sp³-hybridized carbons (Fsp3) is 0.0455. The van der Waals surface area contributed by atoms with Crippen LogP contribution in [-0.4, -0.2) is 16.9 Å². The van der Waals surface area contributed by atoms with Crippen molar-refractivity contribution in [3.63, 3.8) is 0 Å². The van der Waals surface area contributed by atoms with Crippen LogP contribution >= 0.6 is 23.8 Å². The Morgan fingerprint density at radius 3 is 2.24 bits per heavy atom. The average Bonchev–Trinajstić information content (AvgIpc) is 2.68. The highest BCUT2D eigenvalue weighted by Crippen LogP contribution is 2.17. The number of rotatable bonds is 5. The Bertz CT molecular complexity index is 1040. The summed E-state index contributed by atoms with van der Waals surface area (Å²) in [4.78, 5) is 24.4. The summed E-state index contributed by atoms with van der Waals surface area (Å²) in [6.45, 7) is 0. The lowest BCUT2D eigenvalue weighted by Crippen LogP contribution is -2.35. The Morgan fingerprint density at radius 2 is 1.52 bits per heavy atom. The zero-order valence-corrected chi connectivity index (χ0v) is 16.9. The van der Waals surface area contributed by atoms with E-state index in [1.165, 1.54) is 0 Å². The number of thiocarbonyl (C=S) groups is 1. The first-order chi connectivity index (χ1) is 14.0. The highest BCUT2D eigenvalue weighted by molar-refractivity contribution is 7.80. The second kappa shape index (κ2) is 9.82. The standard InChI is InChI=1S/C22H18ClN3O2S/c23-17-9-4-8-16(13-17)21(28)24-18-10-5-11-19(14-18)25-22(29)26-20(27)12-15-6-2-1-3-7-15/h1-11,13-14H,12H2,(H,24,28)(H2,25,26,27,29). The van der Waals surface area contributed by atoms with Crippen molar-refractivity contribution in [2.24, 2.45) is 0 Å². The summed E-state index contributed by atoms with van der Waals surface area (Å²) in [5.74, 6) is -0.484. The molecule has 0 bridgehead atoms. The zero-order chi connectivity index (χ0) is 20.6. The van der Waals surface area contributed by atoms with Crippen molar-refractivity contribution in [2.75, 3.05) is 10.6 Å². The minimum Gasteiger partial charge on any atom is -0.332 e. The fourth-order valence-electron chi connectivity index (χ4n) is 2.62. The number of carbonyl (C=O) groups is 2. The van der Waals surface area contributed by atoms with E-state index in [-0.39, 0.29) is 23.3 Å². The monoisotopic (exact) mass is 423 g/mol. The topological polar surface area (TPSA) is 70.2 Å². The van der Waals surface area contributed by atoms with Crippen molar-refractivity contribution in [1.82, 2.24) is 5.32 Å². The first-order valence-corrected chi connectivity index (χ1v) is 9.60. The smallest absolute Gasteiger partial charge is 0.255 e. The molecule has 0 aliphatic heterocycles. The lowest BCUT2D eigenvalue weighted by molar-refractivity contribution is -0.119. The van der Waals surface area contributed by atoms with Crippen molar-refractivity contribution < 1.29 is 9.59 Å². The lowest BCUT2D eigenvalue weighted by Gasteiger charge is -2.11. The van der Waals surface area contributed by atoms with Crippen LogP contribution in [0.4, 0.5) is 11.4 Å². The Kier molecular flexibility index (Phi) is 6.94. The molecule has 0 radical (unpaired) electrons. The summed E-state index contributed by atoms with van der Waals surface area (Å²) in [6, 6.07) is 23.1. The first kappa shape index (κ1) is 20.5. The lowest BCUT2D eigenvalue weighted by atomic mass is 10.1. The molecule has 0 heterocycles. The number of hydrogen-bond acceptors (Lipinski definition) is 3. The van der Waals surface area contributed by atoms with Gasteiger partial charge in [0.25, 0.3) is 5.91 Å². The van der Waals surface area contributed by atoms with Gasteiger partial charge in [-0.25, -0.2) is 0 Å². The van der Waals surface area contributed by atoms with Gasteiger partial charge >= 0.3 is 0 Å². The molecule has 2 amide bonds. The third kappa shape index (κ3) is 6.41. The van der Waals surface area contributed by atoms with E-state index in [1.807, 2.05) is 30.3 Å². The van der Waals surface area contributed by atoms with Gasteiger partial charge in [-0.1, -0.05) is 54.1 Å². The van der Waals surface area contributed by atoms with Gasteiger partial charge in [0, 0.05) is 22.0 Å². The van der Waals surface area contributed by atoms with Gasteiger partial charge in [-0.3, -0.25) is 9.59 Å². The quantitative estimate of drug-likeness (QED) is 0.522. The molecular weight excluding hydrogens is 406 g/mol. The molecule has 7 heteroatoms. The Balaban J connectivity index is 1.57. The normalized spacial score (nSPS) is 10.1. The van der Waals surface area contributed by atoms with Crippen molar-refractivity contribution in [1.29, 1.82) is 0 Å². The molecule has 0 unspecified atom stereocenters. The molecule has 0 fully saturated rings. The van der Waals surface area contributed by atoms with E-state index in [9.17, 15) is 9.59 Å². The minimum atomic E-state index is -0.275. The number of carbonyl (C=O) groups excluding carboxylic acids is 2. The van der Waals surface area contributed by atoms with Gasteiger partial charge in [0.15, 0.2) is 5.11 Å². The highest BCUT2D eigenvalue weighted by Gasteiger charge is 2.09. The molecule has 0 atom stereocenters. The van der Waals surface area contributed by atoms with Gasteiger partial charge in [-0.15, -0.1) is 0 Å². The first-order valence-electron chi connectivity index (χ1n) is 8.81. The summed E-state index contributed by atoms with van der Waals surface area (Å²) in [6.07, 6.45) is 0.235. The maximum Gasteiger partial charge on any atom is 0.255 e. The molecule has 29 heavy (non-hydrogen) atoms. The van der Waals surface area contributed by atoms with Crippen molar-refractivity contribution in [2.45, 2.75) is 6.42 Å². The summed E-state index contributed by atoms with van der Waals surface area (Å²) >= 11 is 11.1. The molecule has 5 nitrogen and oxygen atoms in total. The number of halogens is 1. The van der Waals surface area contributed by atoms with Crippen LogP contribution in [0.3, 0.4) is 0 Å². The molecule has 3 aromatic rings. The highest BCUT2D eigenvalue weighted by atomic mass is 35.5. The van der Waals surface area contributed by atoms with Crippen LogP contribution in [0.2, 0.25) is 5.02 Å². The Hall–Kier alpha value is -3.22. The van der Waals surface area contributed by atoms with Crippen molar-refractivity contribution in [3.05, 3.63) is 95.0 Å². The average molecular weight is 424 g/mol. The molecule has 0 aliphatic rings. The van der Waals surface area contributed by atoms with Gasteiger partial charge in [-0.2, -0.15) is 0 Å². The van der Waals surface area contributed by atoms with Crippen LogP contribution in [-0.2, 0) is 11.2 Å². The third-order valence-electron chi connectivity index (χ3n) is 3.93. The molecular formula is C22H18ClN3O2S. The number of hydrogen-bond donors (Lipinski definition) is 3. The molecule has 0 saturated heterocycles. The van der Waals surface area contributed by atoms with Gasteiger partial charge in [0.2, 0.25) is 5.91 Å². The van der Waals surface area contributed by atoms with E-state index in [1.54, 1.807) is 48.5 Å². The molecule has 0 aromatic heterocycles. The second-order valence-electron chi connectivity index (χ2n) is 6.21. The number of nitrogens with one attached hydrogen (secondary N) is 3. The summed E-state index contributed by atoms with van der Waals surface area (Å²) < 4.78 is 0. The molecule has 3 aromatic carbocycles. The molecule has 0 aliphatic carbocycles. The number of amides is 2. The summed E-state index contributed by atoms with van der Waals surface area (Å²) in [5.41, 5.74) is 2.58. The van der Waals surface area contributed by atoms with Crippen LogP contribution in [0.25, 0.3) is 0 Å². The summed E-state index contributed by atoms with van der Waals surface area (Å²) in [7, 11) is 0. The van der Waals surface area contributed by atoms with Crippen LogP contribution < -0.4 is 16.0 Å². The van der Waals surface area contributed by atoms with Crippen LogP contribution in [0, 0.1) is 0 Å². The Labute approximate surface area is 179 Å². The van der Waals surface area contributed by atoms with E-state index in [4.69, 9.17) is 23.8 Å². The van der Waals surface area contributed by atoms with Crippen LogP contribution in [0.5, 0.6) is 0 Å². The zero-order valence-electron chi connectivity index (χ0n) is 15.3. The van der Waals surface area contributed by atoms with E-state index in [2.05, 4.69) is 16.0 Å². The van der Waals surface area contributed by atoms with Gasteiger partial charge < -0.3 is 16.0 Å². The predicted molar refractivity (Wildman–Crippen MR) is 120 cm³/mol. The summed E-state index contributed by atoms with van der Waals surface area (Å²) in [5, 5.41) is 9.08. The molecule has 0 spiro atoms. The fourth-order valence-corrected chi connectivity index (χ4v) is 3.04. The van der Waals surface area contributed by atoms with Crippen molar-refractivity contribution in [3.8, 4) is 0 Å². The number of benzene rings is 3. The minimum absolute atomic E-state index is 0.184. The van der Waals surface area contributed by atoms with Gasteiger partial charge in [0.1, 0.15) is 0 Å².